The summed E-state index contributed by atoms with van der Waals surface area (Å²) in [5.74, 6) is -3.55. The maximum absolute atomic E-state index is 14.7. The second kappa shape index (κ2) is 15.9. The molecular formula is C41H62O8. The van der Waals surface area contributed by atoms with Gasteiger partial charge in [0, 0.05) is 49.4 Å². The lowest BCUT2D eigenvalue weighted by atomic mass is 9.53. The van der Waals surface area contributed by atoms with Gasteiger partial charge in [0.05, 0.1) is 36.4 Å². The van der Waals surface area contributed by atoms with E-state index in [1.54, 1.807) is 0 Å². The lowest BCUT2D eigenvalue weighted by molar-refractivity contribution is -0.166. The maximum atomic E-state index is 14.7. The number of methoxy groups -OCH3 is 1. The predicted octanol–water partition coefficient (Wildman–Crippen LogP) is 7.05. The third-order valence-corrected chi connectivity index (χ3v) is 12.6. The first-order valence-corrected chi connectivity index (χ1v) is 18.7. The molecule has 2 aliphatic heterocycles. The molecule has 4 rings (SSSR count). The van der Waals surface area contributed by atoms with Gasteiger partial charge in [-0.05, 0) is 82.3 Å². The van der Waals surface area contributed by atoms with Gasteiger partial charge in [0.25, 0.3) is 0 Å². The summed E-state index contributed by atoms with van der Waals surface area (Å²) in [7, 11) is 1.30. The van der Waals surface area contributed by atoms with Gasteiger partial charge >= 0.3 is 5.97 Å². The molecule has 2 heterocycles. The summed E-state index contributed by atoms with van der Waals surface area (Å²) in [4.78, 5) is 57.3. The number of esters is 1. The number of aliphatic hydroxyl groups is 2. The first-order chi connectivity index (χ1) is 22.9. The molecule has 10 atom stereocenters. The molecule has 8 nitrogen and oxygen atoms in total. The molecule has 2 bridgehead atoms. The average Bonchev–Trinajstić information content (AvgIpc) is 3.45. The zero-order valence-electron chi connectivity index (χ0n) is 31.3. The summed E-state index contributed by atoms with van der Waals surface area (Å²) in [6, 6.07) is 0. The number of hydrogen-bond acceptors (Lipinski definition) is 8. The minimum atomic E-state index is -1.63. The van der Waals surface area contributed by atoms with Crippen LogP contribution in [0.1, 0.15) is 126 Å². The van der Waals surface area contributed by atoms with Crippen molar-refractivity contribution in [3.8, 4) is 0 Å². The zero-order chi connectivity index (χ0) is 36.4. The number of rotatable bonds is 2. The number of carbonyl (C=O) groups is 4. The van der Waals surface area contributed by atoms with Gasteiger partial charge in [0.2, 0.25) is 0 Å². The molecule has 0 aromatic rings. The van der Waals surface area contributed by atoms with E-state index in [1.165, 1.54) is 7.11 Å². The SMILES string of the molecule is C=C1C[C@@H](O)C2=C(C)C[C@@H]3C(=O)C[C@@H](C)CCC[C@@H](C)C(=O)C[C@@H](C(C)C)C(=O)C[C@]3(C(=O)OC)[C@H]2/C=C(\C)CC[C@@H](O)[C@]2(C)CC[C@@H]1O2. The Morgan fingerprint density at radius 3 is 2.33 bits per heavy atom. The maximum Gasteiger partial charge on any atom is 0.313 e. The topological polar surface area (TPSA) is 127 Å². The molecular weight excluding hydrogens is 620 g/mol. The van der Waals surface area contributed by atoms with Crippen LogP contribution in [0.5, 0.6) is 0 Å². The summed E-state index contributed by atoms with van der Waals surface area (Å²) >= 11 is 0. The zero-order valence-corrected chi connectivity index (χ0v) is 31.3. The van der Waals surface area contributed by atoms with E-state index < -0.39 is 46.9 Å². The van der Waals surface area contributed by atoms with Gasteiger partial charge in [-0.25, -0.2) is 0 Å². The van der Waals surface area contributed by atoms with Crippen molar-refractivity contribution >= 4 is 23.3 Å². The fourth-order valence-corrected chi connectivity index (χ4v) is 9.26. The molecule has 274 valence electrons. The molecule has 1 saturated carbocycles. The highest BCUT2D eigenvalue weighted by atomic mass is 16.5. The molecule has 4 aliphatic rings. The highest BCUT2D eigenvalue weighted by Crippen LogP contribution is 2.55. The van der Waals surface area contributed by atoms with Crippen LogP contribution in [0.15, 0.2) is 34.9 Å². The number of carbonyl (C=O) groups excluding carboxylic acids is 4. The van der Waals surface area contributed by atoms with Crippen LogP contribution in [-0.4, -0.2) is 64.6 Å². The lowest BCUT2D eigenvalue weighted by Gasteiger charge is -2.49. The quantitative estimate of drug-likeness (QED) is 0.234. The lowest BCUT2D eigenvalue weighted by Crippen LogP contribution is -2.54. The standard InChI is InChI=1S/C41H62O8/c1-23(2)29-21-32(42)26(5)12-10-11-24(3)18-33(43)30-19-28(7)38-31(41(30,22-35(29)45)39(47)48-9)17-25(4)13-14-37(46)40(8)16-15-36(49-40)27(6)20-34(38)44/h17,23-24,26,29-31,34,36-37,44,46H,6,10-16,18-22H2,1-5,7-9H3/b25-17+/t24-,26+,29-,30+,31-,34+,36-,37+,40-,41+/m0/s1. The van der Waals surface area contributed by atoms with Crippen LogP contribution in [0, 0.1) is 40.9 Å². The number of allylic oxidation sites excluding steroid dienone is 3. The van der Waals surface area contributed by atoms with E-state index in [9.17, 15) is 29.4 Å². The van der Waals surface area contributed by atoms with Crippen LogP contribution in [0.4, 0.5) is 0 Å². The monoisotopic (exact) mass is 682 g/mol. The average molecular weight is 683 g/mol. The molecule has 1 saturated heterocycles. The van der Waals surface area contributed by atoms with Crippen molar-refractivity contribution in [1.82, 2.24) is 0 Å². The summed E-state index contributed by atoms with van der Waals surface area (Å²) in [5, 5.41) is 23.4. The van der Waals surface area contributed by atoms with Gasteiger partial charge in [0.15, 0.2) is 0 Å². The largest absolute Gasteiger partial charge is 0.469 e. The molecule has 49 heavy (non-hydrogen) atoms. The number of hydrogen-bond donors (Lipinski definition) is 2. The van der Waals surface area contributed by atoms with Crippen molar-refractivity contribution in [2.75, 3.05) is 7.11 Å². The number of ketones is 3. The first kappa shape index (κ1) is 39.4. The van der Waals surface area contributed by atoms with Crippen LogP contribution in [0.3, 0.4) is 0 Å². The van der Waals surface area contributed by atoms with Crippen molar-refractivity contribution in [3.05, 3.63) is 34.9 Å². The van der Waals surface area contributed by atoms with E-state index in [2.05, 4.69) is 6.58 Å². The Morgan fingerprint density at radius 2 is 1.67 bits per heavy atom. The minimum Gasteiger partial charge on any atom is -0.469 e. The Balaban J connectivity index is 1.96. The first-order valence-electron chi connectivity index (χ1n) is 18.7. The Kier molecular flexibility index (Phi) is 12.7. The number of Topliss-reactive ketones (excluding diaryl/α,β-unsaturated/α-hetero) is 3. The molecule has 0 amide bonds. The van der Waals surface area contributed by atoms with Gasteiger partial charge in [-0.2, -0.15) is 0 Å². The molecule has 0 spiro atoms. The van der Waals surface area contributed by atoms with Crippen LogP contribution >= 0.6 is 0 Å². The highest BCUT2D eigenvalue weighted by Gasteiger charge is 2.60. The van der Waals surface area contributed by atoms with E-state index in [1.807, 2.05) is 54.5 Å². The molecule has 2 aliphatic carbocycles. The van der Waals surface area contributed by atoms with Crippen molar-refractivity contribution in [2.45, 2.75) is 149 Å². The van der Waals surface area contributed by atoms with Crippen LogP contribution < -0.4 is 0 Å². The van der Waals surface area contributed by atoms with Crippen LogP contribution in [0.25, 0.3) is 0 Å². The molecule has 0 aromatic heterocycles. The van der Waals surface area contributed by atoms with Crippen LogP contribution in [-0.2, 0) is 28.7 Å². The number of aliphatic hydroxyl groups excluding tert-OH is 2. The van der Waals surface area contributed by atoms with Crippen molar-refractivity contribution in [1.29, 1.82) is 0 Å². The van der Waals surface area contributed by atoms with Gasteiger partial charge in [0.1, 0.15) is 17.3 Å². The van der Waals surface area contributed by atoms with Crippen molar-refractivity contribution in [3.63, 3.8) is 0 Å². The fourth-order valence-electron chi connectivity index (χ4n) is 9.26. The smallest absolute Gasteiger partial charge is 0.313 e. The summed E-state index contributed by atoms with van der Waals surface area (Å²) < 4.78 is 12.0. The van der Waals surface area contributed by atoms with Gasteiger partial charge in [-0.3, -0.25) is 19.2 Å². The summed E-state index contributed by atoms with van der Waals surface area (Å²) in [6.07, 6.45) is 4.84. The number of ether oxygens (including phenoxy) is 2. The second-order valence-electron chi connectivity index (χ2n) is 16.7. The fraction of sp³-hybridized carbons (Fsp3) is 0.756. The van der Waals surface area contributed by atoms with Gasteiger partial charge in [-0.15, -0.1) is 0 Å². The third-order valence-electron chi connectivity index (χ3n) is 12.6. The molecule has 2 N–H and O–H groups in total. The summed E-state index contributed by atoms with van der Waals surface area (Å²) in [6.45, 7) is 17.9. The van der Waals surface area contributed by atoms with E-state index >= 15 is 0 Å². The molecule has 8 heteroatoms. The summed E-state index contributed by atoms with van der Waals surface area (Å²) in [5.41, 5.74) is 0.644. The predicted molar refractivity (Wildman–Crippen MR) is 189 cm³/mol. The van der Waals surface area contributed by atoms with E-state index in [0.717, 1.165) is 24.0 Å². The minimum absolute atomic E-state index is 0.0300. The second-order valence-corrected chi connectivity index (χ2v) is 16.7. The van der Waals surface area contributed by atoms with Gasteiger partial charge in [-0.1, -0.05) is 64.3 Å². The molecule has 0 radical (unpaired) electrons. The Labute approximate surface area is 294 Å². The van der Waals surface area contributed by atoms with E-state index in [4.69, 9.17) is 9.47 Å². The molecule has 2 fully saturated rings. The normalized spacial score (nSPS) is 40.3. The Hall–Kier alpha value is -2.42. The third kappa shape index (κ3) is 8.23. The number of fused-ring (bicyclic) bond motifs is 5. The Morgan fingerprint density at radius 1 is 0.980 bits per heavy atom. The van der Waals surface area contributed by atoms with Crippen LogP contribution in [0.2, 0.25) is 0 Å². The van der Waals surface area contributed by atoms with E-state index in [0.29, 0.717) is 43.3 Å². The molecule has 0 aromatic carbocycles. The highest BCUT2D eigenvalue weighted by molar-refractivity contribution is 5.97. The Bertz CT molecular complexity index is 1360. The van der Waals surface area contributed by atoms with Crippen molar-refractivity contribution in [2.24, 2.45) is 40.9 Å². The van der Waals surface area contributed by atoms with Gasteiger partial charge < -0.3 is 19.7 Å². The van der Waals surface area contributed by atoms with E-state index in [-0.39, 0.29) is 73.3 Å². The molecule has 0 unspecified atom stereocenters. The van der Waals surface area contributed by atoms with Crippen molar-refractivity contribution < 1.29 is 38.9 Å².